The van der Waals surface area contributed by atoms with Gasteiger partial charge in [-0.05, 0) is 31.9 Å². The molecule has 0 aromatic carbocycles. The molecule has 0 aliphatic carbocycles. The largest absolute Gasteiger partial charge is 0.338 e. The number of halogens is 2. The molecule has 2 rings (SSSR count). The normalized spacial score (nSPS) is 17.5. The van der Waals surface area contributed by atoms with Crippen molar-refractivity contribution in [2.45, 2.75) is 31.7 Å². The van der Waals surface area contributed by atoms with Gasteiger partial charge >= 0.3 is 0 Å². The van der Waals surface area contributed by atoms with Crippen LogP contribution in [0.2, 0.25) is 0 Å². The molecule has 1 aliphatic heterocycles. The molecule has 1 unspecified atom stereocenters. The maximum atomic E-state index is 12.2. The Labute approximate surface area is 132 Å². The highest BCUT2D eigenvalue weighted by molar-refractivity contribution is 5.85. The number of likely N-dealkylation sites (N-methyl/N-ethyl adjacent to an activating group) is 1. The summed E-state index contributed by atoms with van der Waals surface area (Å²) in [6.07, 6.45) is 7.44. The summed E-state index contributed by atoms with van der Waals surface area (Å²) in [5, 5.41) is 7.28. The number of aromatic nitrogens is 2. The lowest BCUT2D eigenvalue weighted by Gasteiger charge is -2.24. The van der Waals surface area contributed by atoms with E-state index in [1.807, 2.05) is 31.4 Å². The standard InChI is InChI=1S/C13H22N4O.2ClH/c1-14-9-12-4-3-7-17(12)13(18)6-5-11-8-15-16(2)10-11;;/h8,10,12,14H,3-7,9H2,1-2H3;2*1H. The second-order valence-electron chi connectivity index (χ2n) is 4.96. The second kappa shape index (κ2) is 9.21. The summed E-state index contributed by atoms with van der Waals surface area (Å²) in [6, 6.07) is 0.386. The molecule has 2 heterocycles. The maximum absolute atomic E-state index is 12.2. The molecule has 1 aromatic rings. The molecule has 1 aromatic heterocycles. The van der Waals surface area contributed by atoms with Gasteiger partial charge in [0, 0.05) is 38.8 Å². The average molecular weight is 323 g/mol. The van der Waals surface area contributed by atoms with Gasteiger partial charge in [-0.1, -0.05) is 0 Å². The number of carbonyl (C=O) groups excluding carboxylic acids is 1. The first-order valence-electron chi connectivity index (χ1n) is 6.62. The number of rotatable bonds is 5. The number of carbonyl (C=O) groups is 1. The van der Waals surface area contributed by atoms with E-state index in [1.165, 1.54) is 0 Å². The molecule has 1 fully saturated rings. The number of aryl methyl sites for hydroxylation is 2. The molecule has 1 amide bonds. The first-order valence-corrected chi connectivity index (χ1v) is 6.62. The van der Waals surface area contributed by atoms with Gasteiger partial charge in [0.05, 0.1) is 6.20 Å². The van der Waals surface area contributed by atoms with Gasteiger partial charge in [0.15, 0.2) is 0 Å². The second-order valence-corrected chi connectivity index (χ2v) is 4.96. The van der Waals surface area contributed by atoms with Gasteiger partial charge in [0.2, 0.25) is 5.91 Å². The monoisotopic (exact) mass is 322 g/mol. The summed E-state index contributed by atoms with van der Waals surface area (Å²) < 4.78 is 1.78. The van der Waals surface area contributed by atoms with E-state index in [0.717, 1.165) is 37.9 Å². The van der Waals surface area contributed by atoms with Crippen molar-refractivity contribution >= 4 is 30.7 Å². The maximum Gasteiger partial charge on any atom is 0.223 e. The van der Waals surface area contributed by atoms with Gasteiger partial charge < -0.3 is 10.2 Å². The van der Waals surface area contributed by atoms with Crippen LogP contribution in [0.1, 0.15) is 24.8 Å². The molecular formula is C13H24Cl2N4O. The summed E-state index contributed by atoms with van der Waals surface area (Å²) in [5.41, 5.74) is 1.13. The number of amides is 1. The SMILES string of the molecule is CNCC1CCCN1C(=O)CCc1cnn(C)c1.Cl.Cl. The smallest absolute Gasteiger partial charge is 0.223 e. The third-order valence-corrected chi connectivity index (χ3v) is 3.52. The first kappa shape index (κ1) is 19.2. The summed E-state index contributed by atoms with van der Waals surface area (Å²) in [5.74, 6) is 0.275. The van der Waals surface area contributed by atoms with Gasteiger partial charge in [-0.15, -0.1) is 24.8 Å². The van der Waals surface area contributed by atoms with E-state index in [-0.39, 0.29) is 30.7 Å². The Bertz CT molecular complexity index is 411. The molecule has 1 saturated heterocycles. The van der Waals surface area contributed by atoms with Crippen molar-refractivity contribution in [2.75, 3.05) is 20.1 Å². The van der Waals surface area contributed by atoms with Crippen LogP contribution in [0.15, 0.2) is 12.4 Å². The Hall–Kier alpha value is -0.780. The Morgan fingerprint density at radius 2 is 2.25 bits per heavy atom. The molecule has 20 heavy (non-hydrogen) atoms. The van der Waals surface area contributed by atoms with Crippen LogP contribution in [0.25, 0.3) is 0 Å². The van der Waals surface area contributed by atoms with Crippen molar-refractivity contribution in [1.29, 1.82) is 0 Å². The summed E-state index contributed by atoms with van der Waals surface area (Å²) in [4.78, 5) is 14.2. The lowest BCUT2D eigenvalue weighted by atomic mass is 10.1. The summed E-state index contributed by atoms with van der Waals surface area (Å²) >= 11 is 0. The van der Waals surface area contributed by atoms with E-state index >= 15 is 0 Å². The molecular weight excluding hydrogens is 299 g/mol. The highest BCUT2D eigenvalue weighted by Gasteiger charge is 2.27. The fourth-order valence-electron chi connectivity index (χ4n) is 2.61. The fraction of sp³-hybridized carbons (Fsp3) is 0.692. The van der Waals surface area contributed by atoms with E-state index in [0.29, 0.717) is 12.5 Å². The van der Waals surface area contributed by atoms with Crippen LogP contribution in [0.3, 0.4) is 0 Å². The predicted molar refractivity (Wildman–Crippen MR) is 84.7 cm³/mol. The zero-order valence-electron chi connectivity index (χ0n) is 12.0. The van der Waals surface area contributed by atoms with E-state index in [9.17, 15) is 4.79 Å². The number of hydrogen-bond donors (Lipinski definition) is 1. The Kier molecular flexibility index (Phi) is 8.85. The van der Waals surface area contributed by atoms with Crippen LogP contribution >= 0.6 is 24.8 Å². The minimum absolute atomic E-state index is 0. The van der Waals surface area contributed by atoms with Gasteiger partial charge in [0.25, 0.3) is 0 Å². The van der Waals surface area contributed by atoms with E-state index < -0.39 is 0 Å². The van der Waals surface area contributed by atoms with Crippen LogP contribution in [-0.4, -0.2) is 46.8 Å². The molecule has 0 bridgehead atoms. The number of hydrogen-bond acceptors (Lipinski definition) is 3. The lowest BCUT2D eigenvalue weighted by molar-refractivity contribution is -0.131. The molecule has 1 N–H and O–H groups in total. The highest BCUT2D eigenvalue weighted by atomic mass is 35.5. The first-order chi connectivity index (χ1) is 8.70. The predicted octanol–water partition coefficient (Wildman–Crippen LogP) is 1.41. The number of likely N-dealkylation sites (tertiary alicyclic amines) is 1. The number of nitrogens with one attached hydrogen (secondary N) is 1. The summed E-state index contributed by atoms with van der Waals surface area (Å²) in [6.45, 7) is 1.82. The van der Waals surface area contributed by atoms with Crippen molar-refractivity contribution in [1.82, 2.24) is 20.0 Å². The van der Waals surface area contributed by atoms with E-state index in [4.69, 9.17) is 0 Å². The zero-order chi connectivity index (χ0) is 13.0. The molecule has 0 radical (unpaired) electrons. The zero-order valence-corrected chi connectivity index (χ0v) is 13.7. The van der Waals surface area contributed by atoms with Crippen LogP contribution in [0.4, 0.5) is 0 Å². The summed E-state index contributed by atoms with van der Waals surface area (Å²) in [7, 11) is 3.84. The Morgan fingerprint density at radius 1 is 1.50 bits per heavy atom. The highest BCUT2D eigenvalue weighted by Crippen LogP contribution is 2.18. The quantitative estimate of drug-likeness (QED) is 0.891. The van der Waals surface area contributed by atoms with Crippen LogP contribution in [0, 0.1) is 0 Å². The molecule has 116 valence electrons. The molecule has 1 aliphatic rings. The van der Waals surface area contributed by atoms with Gasteiger partial charge in [0.1, 0.15) is 0 Å². The van der Waals surface area contributed by atoms with Crippen molar-refractivity contribution in [2.24, 2.45) is 7.05 Å². The van der Waals surface area contributed by atoms with Crippen molar-refractivity contribution in [3.8, 4) is 0 Å². The molecule has 7 heteroatoms. The molecule has 1 atom stereocenters. The van der Waals surface area contributed by atoms with Crippen molar-refractivity contribution in [3.05, 3.63) is 18.0 Å². The van der Waals surface area contributed by atoms with E-state index in [2.05, 4.69) is 10.4 Å². The molecule has 0 saturated carbocycles. The van der Waals surface area contributed by atoms with E-state index in [1.54, 1.807) is 4.68 Å². The topological polar surface area (TPSA) is 50.2 Å². The lowest BCUT2D eigenvalue weighted by Crippen LogP contribution is -2.40. The fourth-order valence-corrected chi connectivity index (χ4v) is 2.61. The van der Waals surface area contributed by atoms with Gasteiger partial charge in [-0.3, -0.25) is 9.48 Å². The minimum Gasteiger partial charge on any atom is -0.338 e. The van der Waals surface area contributed by atoms with Crippen LogP contribution < -0.4 is 5.32 Å². The Morgan fingerprint density at radius 3 is 2.85 bits per heavy atom. The van der Waals surface area contributed by atoms with Crippen molar-refractivity contribution in [3.63, 3.8) is 0 Å². The van der Waals surface area contributed by atoms with Crippen LogP contribution in [-0.2, 0) is 18.3 Å². The molecule has 5 nitrogen and oxygen atoms in total. The third-order valence-electron chi connectivity index (χ3n) is 3.52. The van der Waals surface area contributed by atoms with Crippen LogP contribution in [0.5, 0.6) is 0 Å². The van der Waals surface area contributed by atoms with Gasteiger partial charge in [-0.2, -0.15) is 5.10 Å². The third kappa shape index (κ3) is 4.96. The van der Waals surface area contributed by atoms with Crippen molar-refractivity contribution < 1.29 is 4.79 Å². The number of nitrogens with zero attached hydrogens (tertiary/aromatic N) is 3. The Balaban J connectivity index is 0.00000180. The van der Waals surface area contributed by atoms with Gasteiger partial charge in [-0.25, -0.2) is 0 Å². The molecule has 0 spiro atoms. The minimum atomic E-state index is 0. The average Bonchev–Trinajstić information content (AvgIpc) is 2.96.